The summed E-state index contributed by atoms with van der Waals surface area (Å²) in [6, 6.07) is 7.94. The minimum atomic E-state index is -3.37. The Morgan fingerprint density at radius 3 is 2.68 bits per heavy atom. The maximum Gasteiger partial charge on any atom is 0.238 e. The van der Waals surface area contributed by atoms with Crippen molar-refractivity contribution >= 4 is 15.7 Å². The summed E-state index contributed by atoms with van der Waals surface area (Å²) in [5, 5.41) is 0. The predicted octanol–water partition coefficient (Wildman–Crippen LogP) is 1.17. The van der Waals surface area contributed by atoms with Crippen molar-refractivity contribution in [2.24, 2.45) is 0 Å². The zero-order chi connectivity index (χ0) is 13.9. The third-order valence-corrected chi connectivity index (χ3v) is 4.63. The molecule has 1 aliphatic heterocycles. The quantitative estimate of drug-likeness (QED) is 0.778. The van der Waals surface area contributed by atoms with Gasteiger partial charge in [0.2, 0.25) is 5.91 Å². The van der Waals surface area contributed by atoms with Crippen molar-refractivity contribution < 1.29 is 13.2 Å². The van der Waals surface area contributed by atoms with Gasteiger partial charge in [-0.25, -0.2) is 8.42 Å². The molecule has 1 aromatic rings. The van der Waals surface area contributed by atoms with E-state index < -0.39 is 15.6 Å². The van der Waals surface area contributed by atoms with Gasteiger partial charge in [0.15, 0.2) is 9.84 Å². The molecule has 0 radical (unpaired) electrons. The number of sulfone groups is 1. The van der Waals surface area contributed by atoms with Crippen molar-refractivity contribution in [3.8, 4) is 0 Å². The number of nitrogens with zero attached hydrogens (tertiary/aromatic N) is 1. The second-order valence-electron chi connectivity index (χ2n) is 4.68. The van der Waals surface area contributed by atoms with Crippen LogP contribution in [0.2, 0.25) is 0 Å². The van der Waals surface area contributed by atoms with Gasteiger partial charge in [0.1, 0.15) is 5.75 Å². The van der Waals surface area contributed by atoms with Crippen molar-refractivity contribution in [3.05, 3.63) is 48.0 Å². The van der Waals surface area contributed by atoms with Crippen molar-refractivity contribution in [2.75, 3.05) is 18.1 Å². The largest absolute Gasteiger partial charge is 0.337 e. The smallest absolute Gasteiger partial charge is 0.238 e. The van der Waals surface area contributed by atoms with Crippen LogP contribution in [0.1, 0.15) is 11.1 Å². The molecule has 1 amide bonds. The summed E-state index contributed by atoms with van der Waals surface area (Å²) in [7, 11) is -3.37. The molecule has 0 atom stereocenters. The molecule has 102 valence electrons. The molecule has 2 rings (SSSR count). The molecule has 0 aromatic heterocycles. The van der Waals surface area contributed by atoms with Crippen LogP contribution >= 0.6 is 0 Å². The molecule has 4 nitrogen and oxygen atoms in total. The van der Waals surface area contributed by atoms with Crippen LogP contribution in [0.4, 0.5) is 0 Å². The lowest BCUT2D eigenvalue weighted by Crippen LogP contribution is -2.39. The van der Waals surface area contributed by atoms with E-state index in [1.165, 1.54) is 11.6 Å². The van der Waals surface area contributed by atoms with E-state index in [-0.39, 0.29) is 11.7 Å². The Labute approximate surface area is 113 Å². The number of hydrogen-bond acceptors (Lipinski definition) is 3. The van der Waals surface area contributed by atoms with Crippen molar-refractivity contribution in [1.29, 1.82) is 0 Å². The number of carbonyl (C=O) groups is 1. The highest BCUT2D eigenvalue weighted by Gasteiger charge is 2.24. The van der Waals surface area contributed by atoms with Gasteiger partial charge in [0.25, 0.3) is 0 Å². The highest BCUT2D eigenvalue weighted by atomic mass is 32.2. The number of carbonyl (C=O) groups excluding carboxylic acids is 1. The van der Waals surface area contributed by atoms with E-state index in [2.05, 4.69) is 6.58 Å². The Bertz CT molecular complexity index is 592. The molecule has 1 heterocycles. The fourth-order valence-electron chi connectivity index (χ4n) is 2.23. The van der Waals surface area contributed by atoms with Gasteiger partial charge in [-0.3, -0.25) is 4.79 Å². The Balaban J connectivity index is 2.05. The second-order valence-corrected chi connectivity index (χ2v) is 6.79. The van der Waals surface area contributed by atoms with Gasteiger partial charge < -0.3 is 4.90 Å². The fraction of sp³-hybridized carbons (Fsp3) is 0.357. The molecule has 1 aliphatic rings. The molecule has 0 fully saturated rings. The number of rotatable bonds is 4. The van der Waals surface area contributed by atoms with Crippen LogP contribution in [-0.4, -0.2) is 37.3 Å². The normalized spacial score (nSPS) is 14.8. The molecule has 1 aromatic carbocycles. The van der Waals surface area contributed by atoms with E-state index in [9.17, 15) is 13.2 Å². The highest BCUT2D eigenvalue weighted by Crippen LogP contribution is 2.18. The number of amides is 1. The first kappa shape index (κ1) is 13.8. The Kier molecular flexibility index (Phi) is 4.04. The predicted molar refractivity (Wildman–Crippen MR) is 74.4 cm³/mol. The van der Waals surface area contributed by atoms with Crippen LogP contribution < -0.4 is 0 Å². The molecule has 0 N–H and O–H groups in total. The standard InChI is InChI=1S/C14H17NO3S/c1-2-9-19(17,18)11-14(16)15-8-7-12-5-3-4-6-13(12)10-15/h2-6H,1,7-11H2. The second kappa shape index (κ2) is 5.57. The van der Waals surface area contributed by atoms with Crippen LogP contribution in [0.5, 0.6) is 0 Å². The summed E-state index contributed by atoms with van der Waals surface area (Å²) < 4.78 is 23.2. The lowest BCUT2D eigenvalue weighted by Gasteiger charge is -2.28. The monoisotopic (exact) mass is 279 g/mol. The summed E-state index contributed by atoms with van der Waals surface area (Å²) in [4.78, 5) is 13.6. The van der Waals surface area contributed by atoms with Gasteiger partial charge in [-0.15, -0.1) is 6.58 Å². The third-order valence-electron chi connectivity index (χ3n) is 3.20. The molecule has 0 saturated heterocycles. The Morgan fingerprint density at radius 2 is 2.00 bits per heavy atom. The average molecular weight is 279 g/mol. The topological polar surface area (TPSA) is 54.5 Å². The van der Waals surface area contributed by atoms with Gasteiger partial charge in [0, 0.05) is 13.1 Å². The van der Waals surface area contributed by atoms with Crippen LogP contribution in [0.15, 0.2) is 36.9 Å². The summed E-state index contributed by atoms with van der Waals surface area (Å²) in [5.74, 6) is -0.902. The van der Waals surface area contributed by atoms with E-state index in [1.807, 2.05) is 24.3 Å². The molecule has 0 saturated carbocycles. The number of fused-ring (bicyclic) bond motifs is 1. The minimum absolute atomic E-state index is 0.150. The Hall–Kier alpha value is -1.62. The summed E-state index contributed by atoms with van der Waals surface area (Å²) in [5.41, 5.74) is 2.34. The molecule has 0 spiro atoms. The molecule has 19 heavy (non-hydrogen) atoms. The SMILES string of the molecule is C=CCS(=O)(=O)CC(=O)N1CCc2ccccc2C1. The summed E-state index contributed by atoms with van der Waals surface area (Å²) >= 11 is 0. The first-order valence-electron chi connectivity index (χ1n) is 6.18. The first-order chi connectivity index (χ1) is 9.02. The van der Waals surface area contributed by atoms with Crippen molar-refractivity contribution in [3.63, 3.8) is 0 Å². The Morgan fingerprint density at radius 1 is 1.32 bits per heavy atom. The van der Waals surface area contributed by atoms with Gasteiger partial charge in [0.05, 0.1) is 5.75 Å². The van der Waals surface area contributed by atoms with Crippen molar-refractivity contribution in [2.45, 2.75) is 13.0 Å². The lowest BCUT2D eigenvalue weighted by atomic mass is 10.00. The zero-order valence-corrected chi connectivity index (χ0v) is 11.5. The highest BCUT2D eigenvalue weighted by molar-refractivity contribution is 7.92. The molecule has 0 aliphatic carbocycles. The van der Waals surface area contributed by atoms with Gasteiger partial charge in [-0.05, 0) is 17.5 Å². The van der Waals surface area contributed by atoms with Crippen LogP contribution in [0.3, 0.4) is 0 Å². The van der Waals surface area contributed by atoms with E-state index in [0.717, 1.165) is 12.0 Å². The maximum absolute atomic E-state index is 12.0. The maximum atomic E-state index is 12.0. The van der Waals surface area contributed by atoms with Gasteiger partial charge >= 0.3 is 0 Å². The summed E-state index contributed by atoms with van der Waals surface area (Å²) in [6.07, 6.45) is 2.09. The zero-order valence-electron chi connectivity index (χ0n) is 10.7. The number of hydrogen-bond donors (Lipinski definition) is 0. The molecule has 0 bridgehead atoms. The van der Waals surface area contributed by atoms with Gasteiger partial charge in [-0.1, -0.05) is 30.3 Å². The third kappa shape index (κ3) is 3.44. The number of benzene rings is 1. The lowest BCUT2D eigenvalue weighted by molar-refractivity contribution is -0.129. The van der Waals surface area contributed by atoms with Crippen LogP contribution in [-0.2, 0) is 27.6 Å². The van der Waals surface area contributed by atoms with E-state index in [4.69, 9.17) is 0 Å². The van der Waals surface area contributed by atoms with Crippen molar-refractivity contribution in [1.82, 2.24) is 4.90 Å². The fourth-order valence-corrected chi connectivity index (χ4v) is 3.26. The van der Waals surface area contributed by atoms with E-state index >= 15 is 0 Å². The molecular formula is C14H17NO3S. The molecule has 5 heteroatoms. The van der Waals surface area contributed by atoms with E-state index in [0.29, 0.717) is 13.1 Å². The summed E-state index contributed by atoms with van der Waals surface area (Å²) in [6.45, 7) is 4.47. The van der Waals surface area contributed by atoms with Crippen LogP contribution in [0.25, 0.3) is 0 Å². The molecule has 0 unspecified atom stereocenters. The van der Waals surface area contributed by atoms with Gasteiger partial charge in [-0.2, -0.15) is 0 Å². The minimum Gasteiger partial charge on any atom is -0.337 e. The van der Waals surface area contributed by atoms with Crippen LogP contribution in [0, 0.1) is 0 Å². The molecular weight excluding hydrogens is 262 g/mol. The first-order valence-corrected chi connectivity index (χ1v) is 8.00. The average Bonchev–Trinajstić information content (AvgIpc) is 2.37. The van der Waals surface area contributed by atoms with E-state index in [1.54, 1.807) is 4.90 Å².